The molecule has 0 aliphatic heterocycles. The van der Waals surface area contributed by atoms with Gasteiger partial charge >= 0.3 is 0 Å². The molecule has 0 unspecified atom stereocenters. The van der Waals surface area contributed by atoms with Gasteiger partial charge in [-0.25, -0.2) is 0 Å². The summed E-state index contributed by atoms with van der Waals surface area (Å²) >= 11 is 0. The van der Waals surface area contributed by atoms with Gasteiger partial charge in [0.25, 0.3) is 0 Å². The summed E-state index contributed by atoms with van der Waals surface area (Å²) in [5.74, 6) is -0.194. The lowest BCUT2D eigenvalue weighted by Crippen LogP contribution is -2.15. The Hall–Kier alpha value is -1.45. The van der Waals surface area contributed by atoms with E-state index in [0.717, 1.165) is 11.4 Å². The van der Waals surface area contributed by atoms with E-state index in [1.807, 2.05) is 19.9 Å². The molecule has 1 rings (SSSR count). The fourth-order valence-electron chi connectivity index (χ4n) is 1.34. The molecule has 1 aromatic rings. The molecule has 0 atom stereocenters. The minimum atomic E-state index is -0.100. The topological polar surface area (TPSA) is 52.0 Å². The summed E-state index contributed by atoms with van der Waals surface area (Å²) in [4.78, 5) is 22.0. The van der Waals surface area contributed by atoms with E-state index in [0.29, 0.717) is 0 Å². The lowest BCUT2D eigenvalue weighted by atomic mass is 10.2. The Labute approximate surface area is 82.9 Å². The van der Waals surface area contributed by atoms with Crippen LogP contribution in [-0.2, 0) is 16.1 Å². The first kappa shape index (κ1) is 10.6. The summed E-state index contributed by atoms with van der Waals surface area (Å²) in [6.07, 6.45) is -0.00164. The van der Waals surface area contributed by atoms with Crippen molar-refractivity contribution in [3.8, 4) is 0 Å². The van der Waals surface area contributed by atoms with Crippen molar-refractivity contribution in [1.82, 2.24) is 9.78 Å². The van der Waals surface area contributed by atoms with Crippen molar-refractivity contribution in [2.24, 2.45) is 0 Å². The second-order valence-corrected chi connectivity index (χ2v) is 3.50. The van der Waals surface area contributed by atoms with Crippen LogP contribution in [0.3, 0.4) is 0 Å². The van der Waals surface area contributed by atoms with E-state index in [4.69, 9.17) is 0 Å². The summed E-state index contributed by atoms with van der Waals surface area (Å²) in [7, 11) is 0. The number of hydrogen-bond donors (Lipinski definition) is 0. The largest absolute Gasteiger partial charge is 0.300 e. The highest BCUT2D eigenvalue weighted by atomic mass is 16.1. The fourth-order valence-corrected chi connectivity index (χ4v) is 1.34. The van der Waals surface area contributed by atoms with Crippen molar-refractivity contribution in [1.29, 1.82) is 0 Å². The fraction of sp³-hybridized carbons (Fsp3) is 0.500. The molecule has 76 valence electrons. The van der Waals surface area contributed by atoms with E-state index in [1.54, 1.807) is 4.68 Å². The molecule has 14 heavy (non-hydrogen) atoms. The first-order chi connectivity index (χ1) is 6.49. The second kappa shape index (κ2) is 4.17. The van der Waals surface area contributed by atoms with Gasteiger partial charge in [0, 0.05) is 5.69 Å². The average molecular weight is 194 g/mol. The lowest BCUT2D eigenvalue weighted by molar-refractivity contribution is -0.126. The van der Waals surface area contributed by atoms with Crippen LogP contribution in [0.1, 0.15) is 24.7 Å². The minimum absolute atomic E-state index is 0.00164. The molecule has 0 aromatic carbocycles. The number of Topliss-reactive ketones (excluding diaryl/α,β-unsaturated/α-hetero) is 2. The zero-order valence-electron chi connectivity index (χ0n) is 8.70. The van der Waals surface area contributed by atoms with Gasteiger partial charge in [-0.2, -0.15) is 5.10 Å². The Kier molecular flexibility index (Phi) is 3.17. The molecule has 1 heterocycles. The molecule has 0 N–H and O–H groups in total. The average Bonchev–Trinajstić information content (AvgIpc) is 2.28. The highest BCUT2D eigenvalue weighted by Gasteiger charge is 2.08. The molecule has 0 aliphatic rings. The van der Waals surface area contributed by atoms with Gasteiger partial charge in [-0.1, -0.05) is 0 Å². The predicted octanol–water partition coefficient (Wildman–Crippen LogP) is 1.05. The molecule has 0 saturated heterocycles. The zero-order chi connectivity index (χ0) is 10.7. The van der Waals surface area contributed by atoms with Crippen LogP contribution >= 0.6 is 0 Å². The second-order valence-electron chi connectivity index (χ2n) is 3.50. The standard InChI is InChI=1S/C10H14N2O2/c1-7-4-8(2)12(11-7)6-10(14)5-9(3)13/h4H,5-6H2,1-3H3. The summed E-state index contributed by atoms with van der Waals surface area (Å²) in [6.45, 7) is 5.37. The maximum atomic E-state index is 11.3. The summed E-state index contributed by atoms with van der Waals surface area (Å²) in [6, 6.07) is 1.90. The van der Waals surface area contributed by atoms with Crippen LogP contribution in [0.4, 0.5) is 0 Å². The number of aryl methyl sites for hydroxylation is 2. The Bertz CT molecular complexity index is 366. The van der Waals surface area contributed by atoms with Crippen LogP contribution in [-0.4, -0.2) is 21.3 Å². The number of carbonyl (C=O) groups excluding carboxylic acids is 2. The van der Waals surface area contributed by atoms with Crippen molar-refractivity contribution in [3.63, 3.8) is 0 Å². The van der Waals surface area contributed by atoms with E-state index < -0.39 is 0 Å². The van der Waals surface area contributed by atoms with Crippen LogP contribution in [0.2, 0.25) is 0 Å². The van der Waals surface area contributed by atoms with Gasteiger partial charge in [-0.3, -0.25) is 14.3 Å². The van der Waals surface area contributed by atoms with E-state index in [9.17, 15) is 9.59 Å². The number of nitrogens with zero attached hydrogens (tertiary/aromatic N) is 2. The SMILES string of the molecule is CC(=O)CC(=O)Cn1nc(C)cc1C. The van der Waals surface area contributed by atoms with Crippen molar-refractivity contribution < 1.29 is 9.59 Å². The minimum Gasteiger partial charge on any atom is -0.300 e. The zero-order valence-corrected chi connectivity index (χ0v) is 8.70. The normalized spacial score (nSPS) is 10.2. The highest BCUT2D eigenvalue weighted by molar-refractivity contribution is 5.97. The lowest BCUT2D eigenvalue weighted by Gasteiger charge is -2.01. The molecule has 0 fully saturated rings. The quantitative estimate of drug-likeness (QED) is 0.673. The third kappa shape index (κ3) is 2.80. The van der Waals surface area contributed by atoms with Crippen LogP contribution in [0.5, 0.6) is 0 Å². The van der Waals surface area contributed by atoms with Gasteiger partial charge in [0.2, 0.25) is 0 Å². The van der Waals surface area contributed by atoms with Gasteiger partial charge in [0.15, 0.2) is 5.78 Å². The molecule has 0 aliphatic carbocycles. The van der Waals surface area contributed by atoms with E-state index in [2.05, 4.69) is 5.10 Å². The van der Waals surface area contributed by atoms with Crippen LogP contribution in [0.25, 0.3) is 0 Å². The number of carbonyl (C=O) groups is 2. The molecular formula is C10H14N2O2. The van der Waals surface area contributed by atoms with E-state index in [1.165, 1.54) is 6.92 Å². The number of aromatic nitrogens is 2. The van der Waals surface area contributed by atoms with E-state index >= 15 is 0 Å². The third-order valence-corrected chi connectivity index (χ3v) is 1.88. The number of hydrogen-bond acceptors (Lipinski definition) is 3. The van der Waals surface area contributed by atoms with Gasteiger partial charge in [0.1, 0.15) is 12.3 Å². The van der Waals surface area contributed by atoms with Crippen molar-refractivity contribution in [2.75, 3.05) is 0 Å². The van der Waals surface area contributed by atoms with E-state index in [-0.39, 0.29) is 24.5 Å². The Morgan fingerprint density at radius 1 is 1.43 bits per heavy atom. The number of ketones is 2. The van der Waals surface area contributed by atoms with Gasteiger partial charge < -0.3 is 0 Å². The highest BCUT2D eigenvalue weighted by Crippen LogP contribution is 2.02. The van der Waals surface area contributed by atoms with Crippen LogP contribution in [0.15, 0.2) is 6.07 Å². The maximum absolute atomic E-state index is 11.3. The summed E-state index contributed by atoms with van der Waals surface area (Å²) in [5.41, 5.74) is 1.83. The molecular weight excluding hydrogens is 180 g/mol. The molecule has 0 amide bonds. The molecule has 4 heteroatoms. The van der Waals surface area contributed by atoms with Crippen molar-refractivity contribution in [2.45, 2.75) is 33.7 Å². The summed E-state index contributed by atoms with van der Waals surface area (Å²) < 4.78 is 1.63. The molecule has 4 nitrogen and oxygen atoms in total. The smallest absolute Gasteiger partial charge is 0.161 e. The Balaban J connectivity index is 2.64. The first-order valence-electron chi connectivity index (χ1n) is 4.51. The Morgan fingerprint density at radius 3 is 2.50 bits per heavy atom. The molecule has 0 spiro atoms. The molecule has 0 radical (unpaired) electrons. The molecule has 1 aromatic heterocycles. The Morgan fingerprint density at radius 2 is 2.07 bits per heavy atom. The van der Waals surface area contributed by atoms with Crippen molar-refractivity contribution >= 4 is 11.6 Å². The number of rotatable bonds is 4. The monoisotopic (exact) mass is 194 g/mol. The van der Waals surface area contributed by atoms with Gasteiger partial charge in [0.05, 0.1) is 12.1 Å². The third-order valence-electron chi connectivity index (χ3n) is 1.88. The summed E-state index contributed by atoms with van der Waals surface area (Å²) in [5, 5.41) is 4.14. The van der Waals surface area contributed by atoms with Crippen LogP contribution < -0.4 is 0 Å². The van der Waals surface area contributed by atoms with Crippen molar-refractivity contribution in [3.05, 3.63) is 17.5 Å². The maximum Gasteiger partial charge on any atom is 0.161 e. The predicted molar refractivity (Wildman–Crippen MR) is 52.0 cm³/mol. The molecule has 0 bridgehead atoms. The van der Waals surface area contributed by atoms with Gasteiger partial charge in [-0.15, -0.1) is 0 Å². The van der Waals surface area contributed by atoms with Crippen LogP contribution in [0, 0.1) is 13.8 Å². The van der Waals surface area contributed by atoms with Gasteiger partial charge in [-0.05, 0) is 26.8 Å². The molecule has 0 saturated carbocycles. The first-order valence-corrected chi connectivity index (χ1v) is 4.51.